The molecule has 8 heteroatoms. The average Bonchev–Trinajstić information content (AvgIpc) is 3.16. The second kappa shape index (κ2) is 14.4. The molecular formula is C19H37IN4O3. The summed E-state index contributed by atoms with van der Waals surface area (Å²) >= 11 is 0. The van der Waals surface area contributed by atoms with Crippen molar-refractivity contribution in [3.8, 4) is 0 Å². The van der Waals surface area contributed by atoms with E-state index in [1.807, 2.05) is 0 Å². The molecule has 0 atom stereocenters. The molecule has 2 N–H and O–H groups in total. The minimum Gasteiger partial charge on any atom is -0.385 e. The van der Waals surface area contributed by atoms with Crippen LogP contribution in [0.3, 0.4) is 0 Å². The number of amides is 1. The lowest BCUT2D eigenvalue weighted by Gasteiger charge is -2.34. The molecule has 0 bridgehead atoms. The van der Waals surface area contributed by atoms with Crippen molar-refractivity contribution in [2.75, 3.05) is 47.0 Å². The molecule has 0 aromatic carbocycles. The van der Waals surface area contributed by atoms with Gasteiger partial charge in [0.25, 0.3) is 0 Å². The standard InChI is InChI=1S/C19H36N4O3.HI/c1-20-19(21-11-8-18(24)22-16-6-3-4-7-16)23-12-9-17(10-13-23)26-15-5-14-25-2;/h16-17H,3-15H2,1-2H3,(H,20,21)(H,22,24);1H. The van der Waals surface area contributed by atoms with Crippen LogP contribution in [0.1, 0.15) is 51.4 Å². The number of ether oxygens (including phenoxy) is 2. The number of likely N-dealkylation sites (tertiary alicyclic amines) is 1. The molecule has 7 nitrogen and oxygen atoms in total. The largest absolute Gasteiger partial charge is 0.385 e. The third-order valence-corrected chi connectivity index (χ3v) is 5.16. The monoisotopic (exact) mass is 496 g/mol. The van der Waals surface area contributed by atoms with Crippen molar-refractivity contribution < 1.29 is 14.3 Å². The van der Waals surface area contributed by atoms with E-state index in [2.05, 4.69) is 20.5 Å². The maximum Gasteiger partial charge on any atom is 0.221 e. The first-order valence-corrected chi connectivity index (χ1v) is 10.1. The van der Waals surface area contributed by atoms with Gasteiger partial charge in [-0.3, -0.25) is 9.79 Å². The van der Waals surface area contributed by atoms with Crippen LogP contribution in [0.5, 0.6) is 0 Å². The fourth-order valence-corrected chi connectivity index (χ4v) is 3.68. The number of nitrogens with one attached hydrogen (secondary N) is 2. The van der Waals surface area contributed by atoms with Crippen LogP contribution >= 0.6 is 24.0 Å². The summed E-state index contributed by atoms with van der Waals surface area (Å²) in [5.41, 5.74) is 0. The van der Waals surface area contributed by atoms with Crippen LogP contribution in [0.4, 0.5) is 0 Å². The Bertz CT molecular complexity index is 437. The summed E-state index contributed by atoms with van der Waals surface area (Å²) in [6.45, 7) is 4.01. The van der Waals surface area contributed by atoms with Gasteiger partial charge in [0.2, 0.25) is 5.91 Å². The zero-order chi connectivity index (χ0) is 18.6. The molecule has 0 aromatic heterocycles. The topological polar surface area (TPSA) is 75.2 Å². The van der Waals surface area contributed by atoms with Crippen LogP contribution in [0.15, 0.2) is 4.99 Å². The van der Waals surface area contributed by atoms with Gasteiger partial charge in [-0.1, -0.05) is 12.8 Å². The van der Waals surface area contributed by atoms with Gasteiger partial charge in [-0.25, -0.2) is 0 Å². The zero-order valence-corrected chi connectivity index (χ0v) is 19.2. The van der Waals surface area contributed by atoms with Gasteiger partial charge in [-0.15, -0.1) is 24.0 Å². The second-order valence-electron chi connectivity index (χ2n) is 7.18. The smallest absolute Gasteiger partial charge is 0.221 e. The lowest BCUT2D eigenvalue weighted by Crippen LogP contribution is -2.47. The third-order valence-electron chi connectivity index (χ3n) is 5.16. The number of nitrogens with zero attached hydrogens (tertiary/aromatic N) is 2. The highest BCUT2D eigenvalue weighted by Crippen LogP contribution is 2.17. The summed E-state index contributed by atoms with van der Waals surface area (Å²) in [7, 11) is 3.52. The number of hydrogen-bond donors (Lipinski definition) is 2. The number of guanidine groups is 1. The van der Waals surface area contributed by atoms with Gasteiger partial charge >= 0.3 is 0 Å². The Hall–Kier alpha value is -0.610. The minimum atomic E-state index is 0. The average molecular weight is 496 g/mol. The van der Waals surface area contributed by atoms with Gasteiger partial charge in [0, 0.05) is 59.5 Å². The van der Waals surface area contributed by atoms with Crippen molar-refractivity contribution in [3.05, 3.63) is 0 Å². The van der Waals surface area contributed by atoms with Crippen LogP contribution in [0, 0.1) is 0 Å². The molecule has 2 aliphatic rings. The molecule has 0 radical (unpaired) electrons. The highest BCUT2D eigenvalue weighted by atomic mass is 127. The summed E-state index contributed by atoms with van der Waals surface area (Å²) < 4.78 is 10.9. The summed E-state index contributed by atoms with van der Waals surface area (Å²) in [6.07, 6.45) is 8.53. The molecule has 1 saturated carbocycles. The van der Waals surface area contributed by atoms with Crippen molar-refractivity contribution in [1.82, 2.24) is 15.5 Å². The third kappa shape index (κ3) is 9.43. The maximum atomic E-state index is 12.0. The molecule has 1 amide bonds. The van der Waals surface area contributed by atoms with Crippen LogP contribution in [0.25, 0.3) is 0 Å². The molecule has 0 unspecified atom stereocenters. The van der Waals surface area contributed by atoms with Crippen molar-refractivity contribution in [1.29, 1.82) is 0 Å². The van der Waals surface area contributed by atoms with Gasteiger partial charge < -0.3 is 25.0 Å². The Kier molecular flexibility index (Phi) is 13.0. The van der Waals surface area contributed by atoms with Gasteiger partial charge in [-0.2, -0.15) is 0 Å². The van der Waals surface area contributed by atoms with E-state index in [1.165, 1.54) is 12.8 Å². The number of hydrogen-bond acceptors (Lipinski definition) is 4. The number of carbonyl (C=O) groups excluding carboxylic acids is 1. The summed E-state index contributed by atoms with van der Waals surface area (Å²) in [6, 6.07) is 0.393. The van der Waals surface area contributed by atoms with Crippen molar-refractivity contribution >= 4 is 35.8 Å². The molecule has 1 aliphatic heterocycles. The molecule has 0 aromatic rings. The van der Waals surface area contributed by atoms with Gasteiger partial charge in [0.05, 0.1) is 6.10 Å². The Balaban J connectivity index is 0.00000364. The summed E-state index contributed by atoms with van der Waals surface area (Å²) in [5, 5.41) is 6.45. The van der Waals surface area contributed by atoms with E-state index in [-0.39, 0.29) is 29.9 Å². The van der Waals surface area contributed by atoms with Crippen molar-refractivity contribution in [2.24, 2.45) is 4.99 Å². The first-order chi connectivity index (χ1) is 12.7. The number of rotatable bonds is 9. The van der Waals surface area contributed by atoms with E-state index in [9.17, 15) is 4.79 Å². The Morgan fingerprint density at radius 2 is 1.85 bits per heavy atom. The lowest BCUT2D eigenvalue weighted by atomic mass is 10.1. The molecule has 1 aliphatic carbocycles. The molecule has 0 spiro atoms. The highest BCUT2D eigenvalue weighted by molar-refractivity contribution is 14.0. The van der Waals surface area contributed by atoms with E-state index in [0.29, 0.717) is 25.1 Å². The van der Waals surface area contributed by atoms with Crippen molar-refractivity contribution in [3.63, 3.8) is 0 Å². The summed E-state index contributed by atoms with van der Waals surface area (Å²) in [5.74, 6) is 1.03. The van der Waals surface area contributed by atoms with Crippen LogP contribution in [-0.2, 0) is 14.3 Å². The molecule has 1 saturated heterocycles. The Morgan fingerprint density at radius 3 is 2.48 bits per heavy atom. The van der Waals surface area contributed by atoms with Crippen LogP contribution < -0.4 is 10.6 Å². The van der Waals surface area contributed by atoms with E-state index < -0.39 is 0 Å². The Morgan fingerprint density at radius 1 is 1.15 bits per heavy atom. The van der Waals surface area contributed by atoms with Crippen LogP contribution in [-0.4, -0.2) is 75.9 Å². The number of halogens is 1. The number of carbonyl (C=O) groups is 1. The molecule has 1 heterocycles. The molecular weight excluding hydrogens is 459 g/mol. The number of aliphatic imine (C=N–C) groups is 1. The summed E-state index contributed by atoms with van der Waals surface area (Å²) in [4.78, 5) is 18.6. The molecule has 27 heavy (non-hydrogen) atoms. The van der Waals surface area contributed by atoms with Gasteiger partial charge in [0.1, 0.15) is 0 Å². The lowest BCUT2D eigenvalue weighted by molar-refractivity contribution is -0.121. The van der Waals surface area contributed by atoms with E-state index in [0.717, 1.165) is 64.4 Å². The van der Waals surface area contributed by atoms with E-state index in [1.54, 1.807) is 14.2 Å². The molecule has 2 rings (SSSR count). The SMILES string of the molecule is CN=C(NCCC(=O)NC1CCCC1)N1CCC(OCCCOC)CC1.I. The number of methoxy groups -OCH3 is 1. The maximum absolute atomic E-state index is 12.0. The normalized spacial score (nSPS) is 19.0. The van der Waals surface area contributed by atoms with Crippen LogP contribution in [0.2, 0.25) is 0 Å². The van der Waals surface area contributed by atoms with Crippen molar-refractivity contribution in [2.45, 2.75) is 63.5 Å². The molecule has 2 fully saturated rings. The fraction of sp³-hybridized carbons (Fsp3) is 0.895. The highest BCUT2D eigenvalue weighted by Gasteiger charge is 2.22. The van der Waals surface area contributed by atoms with E-state index in [4.69, 9.17) is 9.47 Å². The van der Waals surface area contributed by atoms with E-state index >= 15 is 0 Å². The zero-order valence-electron chi connectivity index (χ0n) is 16.9. The number of piperidine rings is 1. The predicted molar refractivity (Wildman–Crippen MR) is 119 cm³/mol. The van der Waals surface area contributed by atoms with Gasteiger partial charge in [0.15, 0.2) is 5.96 Å². The first-order valence-electron chi connectivity index (χ1n) is 10.1. The fourth-order valence-electron chi connectivity index (χ4n) is 3.68. The second-order valence-corrected chi connectivity index (χ2v) is 7.18. The Labute approximate surface area is 181 Å². The minimum absolute atomic E-state index is 0. The quantitative estimate of drug-likeness (QED) is 0.222. The molecule has 158 valence electrons. The first kappa shape index (κ1) is 24.4. The predicted octanol–water partition coefficient (Wildman–Crippen LogP) is 2.15. The van der Waals surface area contributed by atoms with Gasteiger partial charge in [-0.05, 0) is 32.1 Å².